The Morgan fingerprint density at radius 2 is 1.62 bits per heavy atom. The van der Waals surface area contributed by atoms with E-state index in [0.717, 1.165) is 0 Å². The van der Waals surface area contributed by atoms with Crippen LogP contribution in [0.5, 0.6) is 0 Å². The van der Waals surface area contributed by atoms with E-state index in [4.69, 9.17) is 15.3 Å². The predicted molar refractivity (Wildman–Crippen MR) is 93.7 cm³/mol. The van der Waals surface area contributed by atoms with Crippen molar-refractivity contribution in [3.63, 3.8) is 0 Å². The minimum atomic E-state index is -1.87. The molecule has 130 valence electrons. The third kappa shape index (κ3) is 2.00. The average Bonchev–Trinajstić information content (AvgIpc) is 3.19. The van der Waals surface area contributed by atoms with E-state index in [9.17, 15) is 9.59 Å². The topological polar surface area (TPSA) is 103 Å². The first-order chi connectivity index (χ1) is 12.5. The highest BCUT2D eigenvalue weighted by Crippen LogP contribution is 2.44. The molecule has 1 amide bonds. The fourth-order valence-electron chi connectivity index (χ4n) is 3.06. The molecule has 0 fully saturated rings. The SMILES string of the molecule is C[C@@]1(C(N)=O)ON=C2N=C(c3ccccc3)O[C@]21C(=O)c1ccccc1. The van der Waals surface area contributed by atoms with Crippen LogP contribution in [0, 0.1) is 0 Å². The number of benzene rings is 2. The van der Waals surface area contributed by atoms with Crippen LogP contribution >= 0.6 is 0 Å². The molecule has 0 unspecified atom stereocenters. The molecule has 0 bridgehead atoms. The summed E-state index contributed by atoms with van der Waals surface area (Å²) in [6, 6.07) is 17.5. The Morgan fingerprint density at radius 3 is 2.23 bits per heavy atom. The Labute approximate surface area is 149 Å². The zero-order valence-corrected chi connectivity index (χ0v) is 13.9. The Balaban J connectivity index is 1.86. The molecule has 26 heavy (non-hydrogen) atoms. The highest BCUT2D eigenvalue weighted by Gasteiger charge is 2.72. The third-order valence-corrected chi connectivity index (χ3v) is 4.61. The van der Waals surface area contributed by atoms with Gasteiger partial charge in [0.05, 0.1) is 0 Å². The van der Waals surface area contributed by atoms with Crippen LogP contribution in [-0.4, -0.2) is 34.6 Å². The van der Waals surface area contributed by atoms with E-state index >= 15 is 0 Å². The number of Topliss-reactive ketones (excluding diaryl/α,β-unsaturated/α-hetero) is 1. The van der Waals surface area contributed by atoms with Gasteiger partial charge in [0.15, 0.2) is 0 Å². The second-order valence-electron chi connectivity index (χ2n) is 6.17. The molecule has 2 aromatic rings. The lowest BCUT2D eigenvalue weighted by Gasteiger charge is -2.33. The van der Waals surface area contributed by atoms with Crippen LogP contribution in [0.3, 0.4) is 0 Å². The van der Waals surface area contributed by atoms with Crippen LogP contribution in [0.25, 0.3) is 0 Å². The molecule has 2 atom stereocenters. The van der Waals surface area contributed by atoms with E-state index in [-0.39, 0.29) is 11.7 Å². The van der Waals surface area contributed by atoms with Gasteiger partial charge in [-0.2, -0.15) is 4.99 Å². The summed E-state index contributed by atoms with van der Waals surface area (Å²) in [5, 5.41) is 3.85. The van der Waals surface area contributed by atoms with Crippen LogP contribution < -0.4 is 5.73 Å². The van der Waals surface area contributed by atoms with Crippen molar-refractivity contribution in [3.05, 3.63) is 71.8 Å². The molecule has 2 heterocycles. The zero-order chi connectivity index (χ0) is 18.4. The second kappa shape index (κ2) is 5.52. The number of oxime groups is 1. The van der Waals surface area contributed by atoms with Crippen LogP contribution in [0.15, 0.2) is 70.8 Å². The molecule has 2 N–H and O–H groups in total. The normalized spacial score (nSPS) is 26.2. The Morgan fingerprint density at radius 1 is 1.00 bits per heavy atom. The molecule has 0 spiro atoms. The van der Waals surface area contributed by atoms with Gasteiger partial charge in [0, 0.05) is 11.1 Å². The molecule has 0 saturated carbocycles. The lowest BCUT2D eigenvalue weighted by atomic mass is 9.77. The van der Waals surface area contributed by atoms with Crippen molar-refractivity contribution >= 4 is 23.4 Å². The Hall–Kier alpha value is -3.48. The van der Waals surface area contributed by atoms with Crippen LogP contribution in [0.4, 0.5) is 0 Å². The van der Waals surface area contributed by atoms with Gasteiger partial charge in [-0.1, -0.05) is 53.7 Å². The average molecular weight is 349 g/mol. The van der Waals surface area contributed by atoms with E-state index in [1.165, 1.54) is 6.92 Å². The molecule has 2 aromatic carbocycles. The number of hydrogen-bond acceptors (Lipinski definition) is 6. The molecule has 2 aliphatic rings. The molecule has 7 nitrogen and oxygen atoms in total. The summed E-state index contributed by atoms with van der Waals surface area (Å²) >= 11 is 0. The lowest BCUT2D eigenvalue weighted by Crippen LogP contribution is -2.65. The lowest BCUT2D eigenvalue weighted by molar-refractivity contribution is -0.151. The van der Waals surface area contributed by atoms with Crippen molar-refractivity contribution in [2.45, 2.75) is 18.1 Å². The van der Waals surface area contributed by atoms with Gasteiger partial charge in [-0.3, -0.25) is 9.59 Å². The highest BCUT2D eigenvalue weighted by atomic mass is 16.7. The number of nitrogens with two attached hydrogens (primary N) is 1. The van der Waals surface area contributed by atoms with Crippen molar-refractivity contribution < 1.29 is 19.2 Å². The summed E-state index contributed by atoms with van der Waals surface area (Å²) in [6.07, 6.45) is 0. The van der Waals surface area contributed by atoms with Crippen molar-refractivity contribution in [2.24, 2.45) is 15.9 Å². The number of carbonyl (C=O) groups is 2. The molecular formula is C19H15N3O4. The molecule has 2 aliphatic heterocycles. The maximum Gasteiger partial charge on any atom is 0.285 e. The molecule has 4 rings (SSSR count). The number of amidine groups is 1. The number of fused-ring (bicyclic) bond motifs is 1. The number of carbonyl (C=O) groups excluding carboxylic acids is 2. The quantitative estimate of drug-likeness (QED) is 0.848. The number of aliphatic imine (C=N–C) groups is 1. The molecule has 0 radical (unpaired) electrons. The molecule has 0 aromatic heterocycles. The summed E-state index contributed by atoms with van der Waals surface area (Å²) in [5.41, 5.74) is 2.84. The van der Waals surface area contributed by atoms with Crippen LogP contribution in [-0.2, 0) is 14.4 Å². The van der Waals surface area contributed by atoms with Crippen LogP contribution in [0.2, 0.25) is 0 Å². The highest BCUT2D eigenvalue weighted by molar-refractivity contribution is 6.29. The first kappa shape index (κ1) is 16.0. The van der Waals surface area contributed by atoms with Gasteiger partial charge < -0.3 is 15.3 Å². The van der Waals surface area contributed by atoms with Crippen molar-refractivity contribution in [1.82, 2.24) is 0 Å². The van der Waals surface area contributed by atoms with E-state index in [1.807, 2.05) is 18.2 Å². The standard InChI is InChI=1S/C19H15N3O4/c1-18(16(20)24)19(14(23)12-8-4-2-5-9-12)17(22-26-18)21-15(25-19)13-10-6-3-7-11-13/h2-11H,1H3,(H2,20,24)/t18-,19+/m0/s1. The molecular weight excluding hydrogens is 334 g/mol. The zero-order valence-electron chi connectivity index (χ0n) is 13.9. The van der Waals surface area contributed by atoms with Crippen molar-refractivity contribution in [3.8, 4) is 0 Å². The fraction of sp³-hybridized carbons (Fsp3) is 0.158. The minimum Gasteiger partial charge on any atom is -0.448 e. The summed E-state index contributed by atoms with van der Waals surface area (Å²) in [5.74, 6) is -1.20. The van der Waals surface area contributed by atoms with Gasteiger partial charge in [-0.15, -0.1) is 0 Å². The largest absolute Gasteiger partial charge is 0.448 e. The summed E-state index contributed by atoms with van der Waals surface area (Å²) < 4.78 is 6.00. The van der Waals surface area contributed by atoms with Gasteiger partial charge in [0.25, 0.3) is 17.1 Å². The van der Waals surface area contributed by atoms with Gasteiger partial charge >= 0.3 is 0 Å². The Bertz CT molecular complexity index is 955. The number of rotatable bonds is 4. The van der Waals surface area contributed by atoms with Gasteiger partial charge in [0.1, 0.15) is 0 Å². The Kier molecular flexibility index (Phi) is 3.40. The number of hydrogen-bond donors (Lipinski definition) is 1. The fourth-order valence-corrected chi connectivity index (χ4v) is 3.06. The third-order valence-electron chi connectivity index (χ3n) is 4.61. The minimum absolute atomic E-state index is 0.0218. The number of nitrogens with zero attached hydrogens (tertiary/aromatic N) is 2. The van der Waals surface area contributed by atoms with E-state index < -0.39 is 22.9 Å². The van der Waals surface area contributed by atoms with Gasteiger partial charge in [-0.25, -0.2) is 0 Å². The van der Waals surface area contributed by atoms with Gasteiger partial charge in [-0.05, 0) is 19.1 Å². The second-order valence-corrected chi connectivity index (χ2v) is 6.17. The van der Waals surface area contributed by atoms with Crippen LogP contribution in [0.1, 0.15) is 22.8 Å². The first-order valence-electron chi connectivity index (χ1n) is 7.98. The smallest absolute Gasteiger partial charge is 0.285 e. The molecule has 0 saturated heterocycles. The summed E-state index contributed by atoms with van der Waals surface area (Å²) in [4.78, 5) is 35.1. The number of primary amides is 1. The van der Waals surface area contributed by atoms with Crippen molar-refractivity contribution in [2.75, 3.05) is 0 Å². The van der Waals surface area contributed by atoms with Gasteiger partial charge in [0.2, 0.25) is 17.5 Å². The monoisotopic (exact) mass is 349 g/mol. The van der Waals surface area contributed by atoms with E-state index in [2.05, 4.69) is 10.1 Å². The maximum absolute atomic E-state index is 13.4. The number of ether oxygens (including phenoxy) is 1. The van der Waals surface area contributed by atoms with E-state index in [0.29, 0.717) is 11.1 Å². The predicted octanol–water partition coefficient (Wildman–Crippen LogP) is 1.67. The number of amides is 1. The summed E-state index contributed by atoms with van der Waals surface area (Å²) in [6.45, 7) is 1.39. The van der Waals surface area contributed by atoms with Crippen molar-refractivity contribution in [1.29, 1.82) is 0 Å². The molecule has 7 heteroatoms. The summed E-state index contributed by atoms with van der Waals surface area (Å²) in [7, 11) is 0. The number of ketones is 1. The van der Waals surface area contributed by atoms with E-state index in [1.54, 1.807) is 42.5 Å². The first-order valence-corrected chi connectivity index (χ1v) is 7.98. The molecule has 0 aliphatic carbocycles. The maximum atomic E-state index is 13.4.